The normalized spacial score (nSPS) is 10.5. The first-order chi connectivity index (χ1) is 10.8. The van der Waals surface area contributed by atoms with E-state index in [-0.39, 0.29) is 5.69 Å². The SMILES string of the molecule is COc1ccc(-n2nnc(C=O)c2-c2ccco2)cc1OC. The molecular weight excluding hydrogens is 286 g/mol. The maximum atomic E-state index is 11.2. The minimum absolute atomic E-state index is 0.199. The van der Waals surface area contributed by atoms with Crippen LogP contribution in [0.2, 0.25) is 0 Å². The van der Waals surface area contributed by atoms with Gasteiger partial charge in [0.25, 0.3) is 0 Å². The molecule has 0 fully saturated rings. The molecule has 0 unspecified atom stereocenters. The molecule has 0 aliphatic rings. The summed E-state index contributed by atoms with van der Waals surface area (Å²) in [5.41, 5.74) is 1.35. The number of nitrogens with zero attached hydrogens (tertiary/aromatic N) is 3. The van der Waals surface area contributed by atoms with Gasteiger partial charge in [0, 0.05) is 6.07 Å². The molecule has 2 aromatic heterocycles. The van der Waals surface area contributed by atoms with Crippen LogP contribution in [-0.4, -0.2) is 35.5 Å². The van der Waals surface area contributed by atoms with E-state index in [0.29, 0.717) is 34.9 Å². The molecule has 0 atom stereocenters. The minimum Gasteiger partial charge on any atom is -0.493 e. The first-order valence-corrected chi connectivity index (χ1v) is 6.45. The van der Waals surface area contributed by atoms with Gasteiger partial charge in [-0.25, -0.2) is 4.68 Å². The number of furan rings is 1. The summed E-state index contributed by atoms with van der Waals surface area (Å²) in [6.45, 7) is 0. The number of hydrogen-bond acceptors (Lipinski definition) is 6. The average Bonchev–Trinajstić information content (AvgIpc) is 3.22. The lowest BCUT2D eigenvalue weighted by molar-refractivity contribution is 0.111. The molecule has 3 aromatic rings. The van der Waals surface area contributed by atoms with Crippen molar-refractivity contribution in [3.8, 4) is 28.6 Å². The van der Waals surface area contributed by atoms with Gasteiger partial charge < -0.3 is 13.9 Å². The highest BCUT2D eigenvalue weighted by Crippen LogP contribution is 2.31. The second-order valence-corrected chi connectivity index (χ2v) is 4.37. The van der Waals surface area contributed by atoms with Crippen LogP contribution in [0.3, 0.4) is 0 Å². The molecule has 0 bridgehead atoms. The summed E-state index contributed by atoms with van der Waals surface area (Å²) in [7, 11) is 3.11. The molecule has 112 valence electrons. The largest absolute Gasteiger partial charge is 0.493 e. The van der Waals surface area contributed by atoms with Crippen molar-refractivity contribution in [3.63, 3.8) is 0 Å². The van der Waals surface area contributed by atoms with Gasteiger partial charge >= 0.3 is 0 Å². The van der Waals surface area contributed by atoms with E-state index >= 15 is 0 Å². The zero-order valence-electron chi connectivity index (χ0n) is 12.0. The van der Waals surface area contributed by atoms with E-state index in [9.17, 15) is 4.79 Å². The first kappa shape index (κ1) is 13.9. The van der Waals surface area contributed by atoms with E-state index in [1.807, 2.05) is 0 Å². The van der Waals surface area contributed by atoms with Crippen LogP contribution in [0.1, 0.15) is 10.5 Å². The number of hydrogen-bond donors (Lipinski definition) is 0. The topological polar surface area (TPSA) is 79.4 Å². The highest BCUT2D eigenvalue weighted by Gasteiger charge is 2.19. The summed E-state index contributed by atoms with van der Waals surface area (Å²) >= 11 is 0. The Bertz CT molecular complexity index is 793. The third-order valence-electron chi connectivity index (χ3n) is 3.17. The maximum absolute atomic E-state index is 11.2. The molecule has 22 heavy (non-hydrogen) atoms. The Kier molecular flexibility index (Phi) is 3.61. The molecule has 7 nitrogen and oxygen atoms in total. The lowest BCUT2D eigenvalue weighted by atomic mass is 10.2. The van der Waals surface area contributed by atoms with Crippen LogP contribution in [-0.2, 0) is 0 Å². The smallest absolute Gasteiger partial charge is 0.172 e. The number of aromatic nitrogens is 3. The predicted molar refractivity (Wildman–Crippen MR) is 77.6 cm³/mol. The molecular formula is C15H13N3O4. The molecule has 2 heterocycles. The molecule has 0 radical (unpaired) electrons. The summed E-state index contributed by atoms with van der Waals surface area (Å²) in [4.78, 5) is 11.2. The Morgan fingerprint density at radius 1 is 1.18 bits per heavy atom. The van der Waals surface area contributed by atoms with Crippen LogP contribution in [0.15, 0.2) is 41.0 Å². The van der Waals surface area contributed by atoms with E-state index < -0.39 is 0 Å². The van der Waals surface area contributed by atoms with Crippen LogP contribution >= 0.6 is 0 Å². The van der Waals surface area contributed by atoms with E-state index in [0.717, 1.165) is 0 Å². The maximum Gasteiger partial charge on any atom is 0.172 e. The second-order valence-electron chi connectivity index (χ2n) is 4.37. The number of carbonyl (C=O) groups is 1. The van der Waals surface area contributed by atoms with Crippen molar-refractivity contribution in [1.82, 2.24) is 15.0 Å². The molecule has 0 spiro atoms. The van der Waals surface area contributed by atoms with Crippen LogP contribution in [0.4, 0.5) is 0 Å². The molecule has 0 aliphatic carbocycles. The predicted octanol–water partition coefficient (Wildman–Crippen LogP) is 2.36. The lowest BCUT2D eigenvalue weighted by Gasteiger charge is -2.10. The van der Waals surface area contributed by atoms with E-state index in [1.165, 1.54) is 10.9 Å². The van der Waals surface area contributed by atoms with Gasteiger partial charge in [-0.15, -0.1) is 5.10 Å². The van der Waals surface area contributed by atoms with Crippen molar-refractivity contribution in [2.75, 3.05) is 14.2 Å². The van der Waals surface area contributed by atoms with Gasteiger partial charge in [-0.2, -0.15) is 0 Å². The van der Waals surface area contributed by atoms with Crippen LogP contribution in [0.5, 0.6) is 11.5 Å². The van der Waals surface area contributed by atoms with Gasteiger partial charge in [-0.05, 0) is 24.3 Å². The van der Waals surface area contributed by atoms with Gasteiger partial charge in [0.15, 0.2) is 29.2 Å². The van der Waals surface area contributed by atoms with Crippen LogP contribution in [0.25, 0.3) is 17.1 Å². The number of methoxy groups -OCH3 is 2. The third kappa shape index (κ3) is 2.22. The van der Waals surface area contributed by atoms with Crippen LogP contribution < -0.4 is 9.47 Å². The lowest BCUT2D eigenvalue weighted by Crippen LogP contribution is -2.01. The summed E-state index contributed by atoms with van der Waals surface area (Å²) in [5.74, 6) is 1.65. The fourth-order valence-electron chi connectivity index (χ4n) is 2.15. The average molecular weight is 299 g/mol. The van der Waals surface area contributed by atoms with Crippen molar-refractivity contribution in [2.24, 2.45) is 0 Å². The number of rotatable bonds is 5. The van der Waals surface area contributed by atoms with Gasteiger partial charge in [0.2, 0.25) is 0 Å². The molecule has 0 N–H and O–H groups in total. The Balaban J connectivity index is 2.17. The molecule has 0 saturated heterocycles. The summed E-state index contributed by atoms with van der Waals surface area (Å²) in [6.07, 6.45) is 2.16. The quantitative estimate of drug-likeness (QED) is 0.673. The standard InChI is InChI=1S/C15H13N3O4/c1-20-12-6-5-10(8-14(12)21-2)18-15(11(9-19)16-17-18)13-4-3-7-22-13/h3-9H,1-2H3. The fraction of sp³-hybridized carbons (Fsp3) is 0.133. The minimum atomic E-state index is 0.199. The van der Waals surface area contributed by atoms with E-state index in [4.69, 9.17) is 13.9 Å². The molecule has 0 saturated carbocycles. The Morgan fingerprint density at radius 3 is 2.64 bits per heavy atom. The molecule has 1 aromatic carbocycles. The van der Waals surface area contributed by atoms with Crippen molar-refractivity contribution in [1.29, 1.82) is 0 Å². The number of aldehydes is 1. The van der Waals surface area contributed by atoms with E-state index in [1.54, 1.807) is 44.6 Å². The van der Waals surface area contributed by atoms with Crippen molar-refractivity contribution in [2.45, 2.75) is 0 Å². The van der Waals surface area contributed by atoms with Crippen molar-refractivity contribution >= 4 is 6.29 Å². The summed E-state index contributed by atoms with van der Waals surface area (Å²) in [6, 6.07) is 8.76. The van der Waals surface area contributed by atoms with Gasteiger partial charge in [-0.3, -0.25) is 4.79 Å². The zero-order chi connectivity index (χ0) is 15.5. The molecule has 3 rings (SSSR count). The van der Waals surface area contributed by atoms with Crippen LogP contribution in [0, 0.1) is 0 Å². The third-order valence-corrected chi connectivity index (χ3v) is 3.17. The molecule has 0 aliphatic heterocycles. The molecule has 7 heteroatoms. The second kappa shape index (κ2) is 5.72. The summed E-state index contributed by atoms with van der Waals surface area (Å²) < 4.78 is 17.4. The van der Waals surface area contributed by atoms with E-state index in [2.05, 4.69) is 10.3 Å². The van der Waals surface area contributed by atoms with Gasteiger partial charge in [0.05, 0.1) is 26.2 Å². The van der Waals surface area contributed by atoms with Crippen molar-refractivity contribution in [3.05, 3.63) is 42.3 Å². The fourth-order valence-corrected chi connectivity index (χ4v) is 2.15. The van der Waals surface area contributed by atoms with Gasteiger partial charge in [-0.1, -0.05) is 5.21 Å². The highest BCUT2D eigenvalue weighted by molar-refractivity contribution is 5.82. The zero-order valence-corrected chi connectivity index (χ0v) is 12.0. The molecule has 0 amide bonds. The number of carbonyl (C=O) groups excluding carboxylic acids is 1. The van der Waals surface area contributed by atoms with Gasteiger partial charge in [0.1, 0.15) is 5.69 Å². The summed E-state index contributed by atoms with van der Waals surface area (Å²) in [5, 5.41) is 7.90. The van der Waals surface area contributed by atoms with Crippen molar-refractivity contribution < 1.29 is 18.7 Å². The highest BCUT2D eigenvalue weighted by atomic mass is 16.5. The monoisotopic (exact) mass is 299 g/mol. The Morgan fingerprint density at radius 2 is 2.00 bits per heavy atom. The Labute approximate surface area is 126 Å². The number of benzene rings is 1. The first-order valence-electron chi connectivity index (χ1n) is 6.45. The number of ether oxygens (including phenoxy) is 2. The Hall–Kier alpha value is -3.09.